The lowest BCUT2D eigenvalue weighted by atomic mass is 10.2. The van der Waals surface area contributed by atoms with Crippen molar-refractivity contribution >= 4 is 0 Å². The van der Waals surface area contributed by atoms with E-state index in [9.17, 15) is 4.39 Å². The fourth-order valence-electron chi connectivity index (χ4n) is 1.32. The van der Waals surface area contributed by atoms with Crippen molar-refractivity contribution in [2.24, 2.45) is 5.73 Å². The van der Waals surface area contributed by atoms with Crippen LogP contribution in [0.1, 0.15) is 5.56 Å². The van der Waals surface area contributed by atoms with Crippen LogP contribution in [0.3, 0.4) is 0 Å². The zero-order valence-corrected chi connectivity index (χ0v) is 8.56. The van der Waals surface area contributed by atoms with E-state index in [2.05, 4.69) is 4.98 Å². The normalized spacial score (nSPS) is 10.1. The van der Waals surface area contributed by atoms with Crippen LogP contribution >= 0.6 is 0 Å². The lowest BCUT2D eigenvalue weighted by Crippen LogP contribution is -2.00. The van der Waals surface area contributed by atoms with Crippen molar-refractivity contribution < 1.29 is 9.13 Å². The van der Waals surface area contributed by atoms with Crippen molar-refractivity contribution in [1.29, 1.82) is 0 Å². The summed E-state index contributed by atoms with van der Waals surface area (Å²) < 4.78 is 18.7. The summed E-state index contributed by atoms with van der Waals surface area (Å²) in [4.78, 5) is 3.92. The molecule has 4 heteroatoms. The third-order valence-electron chi connectivity index (χ3n) is 2.15. The molecule has 3 nitrogen and oxygen atoms in total. The molecule has 0 unspecified atom stereocenters. The largest absolute Gasteiger partial charge is 0.452 e. The molecule has 0 radical (unpaired) electrons. The summed E-state index contributed by atoms with van der Waals surface area (Å²) in [5.74, 6) is 0.245. The van der Waals surface area contributed by atoms with E-state index in [4.69, 9.17) is 10.5 Å². The first-order valence-corrected chi connectivity index (χ1v) is 4.86. The molecule has 0 saturated heterocycles. The number of hydrogen-bond donors (Lipinski definition) is 1. The van der Waals surface area contributed by atoms with E-state index in [0.29, 0.717) is 12.3 Å². The van der Waals surface area contributed by atoms with Crippen molar-refractivity contribution in [3.05, 3.63) is 54.1 Å². The molecular formula is C12H11FN2O. The molecule has 0 amide bonds. The van der Waals surface area contributed by atoms with Gasteiger partial charge in [0.05, 0.1) is 6.20 Å². The van der Waals surface area contributed by atoms with Crippen LogP contribution in [0.15, 0.2) is 42.7 Å². The number of nitrogens with zero attached hydrogens (tertiary/aromatic N) is 1. The van der Waals surface area contributed by atoms with Crippen molar-refractivity contribution in [3.63, 3.8) is 0 Å². The third kappa shape index (κ3) is 2.17. The zero-order valence-electron chi connectivity index (χ0n) is 8.56. The minimum absolute atomic E-state index is 0.171. The van der Waals surface area contributed by atoms with Gasteiger partial charge in [-0.1, -0.05) is 12.1 Å². The number of ether oxygens (including phenoxy) is 1. The van der Waals surface area contributed by atoms with Crippen LogP contribution < -0.4 is 10.5 Å². The van der Waals surface area contributed by atoms with Gasteiger partial charge in [-0.3, -0.25) is 4.98 Å². The summed E-state index contributed by atoms with van der Waals surface area (Å²) in [5.41, 5.74) is 6.33. The molecule has 0 saturated carbocycles. The van der Waals surface area contributed by atoms with Crippen LogP contribution in [0.25, 0.3) is 0 Å². The Morgan fingerprint density at radius 3 is 2.75 bits per heavy atom. The summed E-state index contributed by atoms with van der Waals surface area (Å²) in [6.45, 7) is 0.326. The second kappa shape index (κ2) is 4.72. The van der Waals surface area contributed by atoms with E-state index in [1.165, 1.54) is 12.3 Å². The molecule has 2 N–H and O–H groups in total. The second-order valence-electron chi connectivity index (χ2n) is 3.22. The molecule has 2 aromatic rings. The molecule has 82 valence electrons. The monoisotopic (exact) mass is 218 g/mol. The van der Waals surface area contributed by atoms with Gasteiger partial charge in [-0.25, -0.2) is 4.39 Å². The van der Waals surface area contributed by atoms with Crippen LogP contribution in [-0.2, 0) is 6.54 Å². The lowest BCUT2D eigenvalue weighted by molar-refractivity contribution is 0.436. The molecule has 0 aliphatic rings. The number of benzene rings is 1. The standard InChI is InChI=1S/C12H11FN2O/c13-10-3-1-2-4-11(10)16-12-8-15-6-5-9(12)7-14/h1-6,8H,7,14H2. The minimum Gasteiger partial charge on any atom is -0.452 e. The van der Waals surface area contributed by atoms with E-state index in [1.54, 1.807) is 30.5 Å². The van der Waals surface area contributed by atoms with E-state index in [-0.39, 0.29) is 5.75 Å². The predicted molar refractivity (Wildman–Crippen MR) is 58.6 cm³/mol. The molecule has 1 aromatic heterocycles. The lowest BCUT2D eigenvalue weighted by Gasteiger charge is -2.09. The van der Waals surface area contributed by atoms with E-state index < -0.39 is 5.82 Å². The highest BCUT2D eigenvalue weighted by Gasteiger charge is 2.06. The molecule has 0 aliphatic heterocycles. The molecule has 1 heterocycles. The van der Waals surface area contributed by atoms with Gasteiger partial charge in [-0.05, 0) is 18.2 Å². The molecule has 1 aromatic carbocycles. The van der Waals surface area contributed by atoms with Gasteiger partial charge in [0, 0.05) is 18.3 Å². The van der Waals surface area contributed by atoms with Gasteiger partial charge in [-0.2, -0.15) is 0 Å². The number of pyridine rings is 1. The zero-order chi connectivity index (χ0) is 11.4. The van der Waals surface area contributed by atoms with Gasteiger partial charge in [0.15, 0.2) is 11.6 Å². The maximum atomic E-state index is 13.3. The highest BCUT2D eigenvalue weighted by molar-refractivity contribution is 5.35. The Labute approximate surface area is 92.7 Å². The van der Waals surface area contributed by atoms with E-state index in [1.807, 2.05) is 0 Å². The molecule has 0 aliphatic carbocycles. The van der Waals surface area contributed by atoms with Crippen molar-refractivity contribution in [2.75, 3.05) is 0 Å². The quantitative estimate of drug-likeness (QED) is 0.860. The highest BCUT2D eigenvalue weighted by atomic mass is 19.1. The Morgan fingerprint density at radius 1 is 1.19 bits per heavy atom. The first-order valence-electron chi connectivity index (χ1n) is 4.86. The van der Waals surface area contributed by atoms with Crippen LogP contribution in [0, 0.1) is 5.82 Å². The second-order valence-corrected chi connectivity index (χ2v) is 3.22. The molecule has 0 bridgehead atoms. The van der Waals surface area contributed by atoms with Crippen LogP contribution in [0.4, 0.5) is 4.39 Å². The summed E-state index contributed by atoms with van der Waals surface area (Å²) >= 11 is 0. The average Bonchev–Trinajstić information content (AvgIpc) is 2.33. The van der Waals surface area contributed by atoms with Gasteiger partial charge in [-0.15, -0.1) is 0 Å². The molecule has 0 spiro atoms. The van der Waals surface area contributed by atoms with Crippen LogP contribution in [-0.4, -0.2) is 4.98 Å². The summed E-state index contributed by atoms with van der Waals surface area (Å²) in [7, 11) is 0. The maximum Gasteiger partial charge on any atom is 0.165 e. The average molecular weight is 218 g/mol. The Morgan fingerprint density at radius 2 is 2.00 bits per heavy atom. The summed E-state index contributed by atoms with van der Waals surface area (Å²) in [5, 5.41) is 0. The summed E-state index contributed by atoms with van der Waals surface area (Å²) in [6.07, 6.45) is 3.14. The van der Waals surface area contributed by atoms with Gasteiger partial charge in [0.25, 0.3) is 0 Å². The Kier molecular flexibility index (Phi) is 3.12. The van der Waals surface area contributed by atoms with Gasteiger partial charge in [0.2, 0.25) is 0 Å². The SMILES string of the molecule is NCc1ccncc1Oc1ccccc1F. The minimum atomic E-state index is -0.408. The fraction of sp³-hybridized carbons (Fsp3) is 0.0833. The number of aromatic nitrogens is 1. The molecule has 2 rings (SSSR count). The van der Waals surface area contributed by atoms with Gasteiger partial charge in [0.1, 0.15) is 5.75 Å². The van der Waals surface area contributed by atoms with Crippen molar-refractivity contribution in [2.45, 2.75) is 6.54 Å². The fourth-order valence-corrected chi connectivity index (χ4v) is 1.32. The highest BCUT2D eigenvalue weighted by Crippen LogP contribution is 2.25. The number of hydrogen-bond acceptors (Lipinski definition) is 3. The molecular weight excluding hydrogens is 207 g/mol. The number of rotatable bonds is 3. The first-order chi connectivity index (χ1) is 7.81. The Hall–Kier alpha value is -1.94. The van der Waals surface area contributed by atoms with Crippen molar-refractivity contribution in [1.82, 2.24) is 4.98 Å². The topological polar surface area (TPSA) is 48.1 Å². The third-order valence-corrected chi connectivity index (χ3v) is 2.15. The Balaban J connectivity index is 2.30. The molecule has 0 fully saturated rings. The molecule has 0 atom stereocenters. The molecule has 16 heavy (non-hydrogen) atoms. The summed E-state index contributed by atoms with van der Waals surface area (Å²) in [6, 6.07) is 7.96. The van der Waals surface area contributed by atoms with E-state index >= 15 is 0 Å². The van der Waals surface area contributed by atoms with E-state index in [0.717, 1.165) is 5.56 Å². The van der Waals surface area contributed by atoms with Crippen LogP contribution in [0.2, 0.25) is 0 Å². The maximum absolute atomic E-state index is 13.3. The smallest absolute Gasteiger partial charge is 0.165 e. The Bertz CT molecular complexity index is 488. The predicted octanol–water partition coefficient (Wildman–Crippen LogP) is 2.47. The number of nitrogens with two attached hydrogens (primary N) is 1. The van der Waals surface area contributed by atoms with Crippen molar-refractivity contribution in [3.8, 4) is 11.5 Å². The van der Waals surface area contributed by atoms with Gasteiger partial charge >= 0.3 is 0 Å². The number of halogens is 1. The van der Waals surface area contributed by atoms with Gasteiger partial charge < -0.3 is 10.5 Å². The number of para-hydroxylation sites is 1. The van der Waals surface area contributed by atoms with Crippen LogP contribution in [0.5, 0.6) is 11.5 Å². The first kappa shape index (κ1) is 10.6.